The Hall–Kier alpha value is -1.47. The Morgan fingerprint density at radius 2 is 2.00 bits per heavy atom. The number of thiazole rings is 1. The standard InChI is InChI=1S/C17H21N3O2S.ClH/c18-9-16-20-15(11-23-16)17(21)19-13-7-5-12(6-8-13)10-22-14-3-1-2-4-14;/h5-8,11,14H,1-4,9-10,18H2,(H,19,21);1H. The molecule has 24 heavy (non-hydrogen) atoms. The van der Waals surface area contributed by atoms with Gasteiger partial charge in [-0.3, -0.25) is 4.79 Å². The zero-order valence-corrected chi connectivity index (χ0v) is 15.0. The molecular formula is C17H22ClN3O2S. The van der Waals surface area contributed by atoms with Crippen molar-refractivity contribution >= 4 is 35.3 Å². The largest absolute Gasteiger partial charge is 0.374 e. The number of nitrogens with one attached hydrogen (secondary N) is 1. The molecule has 1 saturated carbocycles. The first-order valence-electron chi connectivity index (χ1n) is 7.91. The molecule has 1 amide bonds. The lowest BCUT2D eigenvalue weighted by Crippen LogP contribution is -2.13. The molecule has 1 aromatic heterocycles. The van der Waals surface area contributed by atoms with E-state index < -0.39 is 0 Å². The molecule has 130 valence electrons. The molecule has 1 aliphatic rings. The minimum atomic E-state index is -0.212. The molecule has 1 aromatic carbocycles. The molecule has 0 saturated heterocycles. The third kappa shape index (κ3) is 5.01. The molecular weight excluding hydrogens is 346 g/mol. The van der Waals surface area contributed by atoms with Crippen LogP contribution < -0.4 is 11.1 Å². The second kappa shape index (κ2) is 9.13. The van der Waals surface area contributed by atoms with E-state index in [4.69, 9.17) is 10.5 Å². The number of carbonyl (C=O) groups is 1. The van der Waals surface area contributed by atoms with E-state index in [1.165, 1.54) is 37.0 Å². The van der Waals surface area contributed by atoms with Crippen LogP contribution in [-0.2, 0) is 17.9 Å². The van der Waals surface area contributed by atoms with Gasteiger partial charge < -0.3 is 15.8 Å². The Morgan fingerprint density at radius 3 is 2.62 bits per heavy atom. The van der Waals surface area contributed by atoms with Crippen molar-refractivity contribution in [2.75, 3.05) is 5.32 Å². The van der Waals surface area contributed by atoms with E-state index in [1.54, 1.807) is 5.38 Å². The minimum Gasteiger partial charge on any atom is -0.374 e. The molecule has 3 N–H and O–H groups in total. The topological polar surface area (TPSA) is 77.2 Å². The predicted octanol–water partition coefficient (Wildman–Crippen LogP) is 3.74. The molecule has 3 rings (SSSR count). The second-order valence-electron chi connectivity index (χ2n) is 5.70. The molecule has 1 fully saturated rings. The summed E-state index contributed by atoms with van der Waals surface area (Å²) in [7, 11) is 0. The van der Waals surface area contributed by atoms with Crippen molar-refractivity contribution in [1.29, 1.82) is 0 Å². The highest BCUT2D eigenvalue weighted by Gasteiger charge is 2.15. The summed E-state index contributed by atoms with van der Waals surface area (Å²) >= 11 is 1.40. The summed E-state index contributed by atoms with van der Waals surface area (Å²) in [5.74, 6) is -0.212. The summed E-state index contributed by atoms with van der Waals surface area (Å²) in [6.45, 7) is 0.985. The van der Waals surface area contributed by atoms with E-state index in [-0.39, 0.29) is 18.3 Å². The summed E-state index contributed by atoms with van der Waals surface area (Å²) in [5, 5.41) is 5.33. The average Bonchev–Trinajstić information content (AvgIpc) is 3.25. The number of amides is 1. The van der Waals surface area contributed by atoms with Crippen LogP contribution in [0.4, 0.5) is 5.69 Å². The number of anilines is 1. The Kier molecular flexibility index (Phi) is 7.17. The monoisotopic (exact) mass is 367 g/mol. The highest BCUT2D eigenvalue weighted by atomic mass is 35.5. The van der Waals surface area contributed by atoms with Crippen molar-refractivity contribution in [3.63, 3.8) is 0 Å². The van der Waals surface area contributed by atoms with Gasteiger partial charge in [-0.15, -0.1) is 23.7 Å². The normalized spacial score (nSPS) is 14.4. The fourth-order valence-corrected chi connectivity index (χ4v) is 3.31. The quantitative estimate of drug-likeness (QED) is 0.815. The number of aromatic nitrogens is 1. The fourth-order valence-electron chi connectivity index (χ4n) is 2.66. The van der Waals surface area contributed by atoms with Crippen molar-refractivity contribution in [2.24, 2.45) is 5.73 Å². The molecule has 5 nitrogen and oxygen atoms in total. The van der Waals surface area contributed by atoms with Gasteiger partial charge in [-0.25, -0.2) is 4.98 Å². The summed E-state index contributed by atoms with van der Waals surface area (Å²) < 4.78 is 5.89. The maximum Gasteiger partial charge on any atom is 0.275 e. The molecule has 0 spiro atoms. The Bertz CT molecular complexity index is 654. The van der Waals surface area contributed by atoms with Crippen molar-refractivity contribution < 1.29 is 9.53 Å². The lowest BCUT2D eigenvalue weighted by molar-refractivity contribution is 0.0457. The van der Waals surface area contributed by atoms with E-state index >= 15 is 0 Å². The first-order chi connectivity index (χ1) is 11.2. The Balaban J connectivity index is 0.00000208. The molecule has 0 unspecified atom stereocenters. The zero-order valence-electron chi connectivity index (χ0n) is 13.4. The predicted molar refractivity (Wildman–Crippen MR) is 98.7 cm³/mol. The van der Waals surface area contributed by atoms with Gasteiger partial charge in [0.15, 0.2) is 0 Å². The van der Waals surface area contributed by atoms with Gasteiger partial charge in [-0.05, 0) is 30.5 Å². The van der Waals surface area contributed by atoms with Gasteiger partial charge in [0.1, 0.15) is 10.7 Å². The van der Waals surface area contributed by atoms with Crippen molar-refractivity contribution in [3.8, 4) is 0 Å². The Morgan fingerprint density at radius 1 is 1.29 bits per heavy atom. The number of halogens is 1. The van der Waals surface area contributed by atoms with Gasteiger partial charge in [0.05, 0.1) is 12.7 Å². The van der Waals surface area contributed by atoms with Gasteiger partial charge in [-0.1, -0.05) is 25.0 Å². The summed E-state index contributed by atoms with van der Waals surface area (Å²) in [6, 6.07) is 7.75. The molecule has 0 aliphatic heterocycles. The highest BCUT2D eigenvalue weighted by Crippen LogP contribution is 2.22. The van der Waals surface area contributed by atoms with Crippen LogP contribution in [0.3, 0.4) is 0 Å². The first-order valence-corrected chi connectivity index (χ1v) is 8.79. The van der Waals surface area contributed by atoms with Gasteiger partial charge >= 0.3 is 0 Å². The van der Waals surface area contributed by atoms with Crippen LogP contribution in [0.15, 0.2) is 29.6 Å². The number of ether oxygens (including phenoxy) is 1. The second-order valence-corrected chi connectivity index (χ2v) is 6.64. The van der Waals surface area contributed by atoms with Crippen LogP contribution >= 0.6 is 23.7 Å². The van der Waals surface area contributed by atoms with Crippen molar-refractivity contribution in [1.82, 2.24) is 4.98 Å². The van der Waals surface area contributed by atoms with Gasteiger partial charge in [0.25, 0.3) is 5.91 Å². The molecule has 0 radical (unpaired) electrons. The van der Waals surface area contributed by atoms with Crippen LogP contribution in [-0.4, -0.2) is 17.0 Å². The molecule has 2 aromatic rings. The molecule has 0 bridgehead atoms. The van der Waals surface area contributed by atoms with Crippen LogP contribution in [0.5, 0.6) is 0 Å². The maximum absolute atomic E-state index is 12.1. The zero-order chi connectivity index (χ0) is 16.1. The van der Waals surface area contributed by atoms with Gasteiger partial charge in [0, 0.05) is 17.6 Å². The van der Waals surface area contributed by atoms with E-state index in [9.17, 15) is 4.79 Å². The summed E-state index contributed by atoms with van der Waals surface area (Å²) in [6.07, 6.45) is 5.31. The van der Waals surface area contributed by atoms with Crippen LogP contribution in [0, 0.1) is 0 Å². The number of hydrogen-bond acceptors (Lipinski definition) is 5. The first kappa shape index (κ1) is 18.9. The van der Waals surface area contributed by atoms with E-state index in [0.29, 0.717) is 24.9 Å². The van der Waals surface area contributed by atoms with E-state index in [1.807, 2.05) is 24.3 Å². The highest BCUT2D eigenvalue weighted by molar-refractivity contribution is 7.09. The molecule has 0 atom stereocenters. The van der Waals surface area contributed by atoms with Gasteiger partial charge in [-0.2, -0.15) is 0 Å². The van der Waals surface area contributed by atoms with E-state index in [2.05, 4.69) is 10.3 Å². The van der Waals surface area contributed by atoms with Crippen LogP contribution in [0.25, 0.3) is 0 Å². The van der Waals surface area contributed by atoms with Crippen LogP contribution in [0.2, 0.25) is 0 Å². The average molecular weight is 368 g/mol. The fraction of sp³-hybridized carbons (Fsp3) is 0.412. The number of rotatable bonds is 6. The number of nitrogens with two attached hydrogens (primary N) is 1. The Labute approximate surface area is 152 Å². The molecule has 1 aliphatic carbocycles. The third-order valence-electron chi connectivity index (χ3n) is 3.96. The lowest BCUT2D eigenvalue weighted by atomic mass is 10.2. The maximum atomic E-state index is 12.1. The van der Waals surface area contributed by atoms with Crippen molar-refractivity contribution in [3.05, 3.63) is 45.9 Å². The van der Waals surface area contributed by atoms with Crippen LogP contribution in [0.1, 0.15) is 46.7 Å². The number of benzene rings is 1. The molecule has 1 heterocycles. The van der Waals surface area contributed by atoms with E-state index in [0.717, 1.165) is 16.3 Å². The summed E-state index contributed by atoms with van der Waals surface area (Å²) in [5.41, 5.74) is 7.79. The smallest absolute Gasteiger partial charge is 0.275 e. The number of carbonyl (C=O) groups excluding carboxylic acids is 1. The lowest BCUT2D eigenvalue weighted by Gasteiger charge is -2.11. The number of hydrogen-bond donors (Lipinski definition) is 2. The molecule has 7 heteroatoms. The van der Waals surface area contributed by atoms with Gasteiger partial charge in [0.2, 0.25) is 0 Å². The number of nitrogens with zero attached hydrogens (tertiary/aromatic N) is 1. The third-order valence-corrected chi connectivity index (χ3v) is 4.83. The SMILES string of the molecule is Cl.NCc1nc(C(=O)Nc2ccc(COC3CCCC3)cc2)cs1. The minimum absolute atomic E-state index is 0. The summed E-state index contributed by atoms with van der Waals surface area (Å²) in [4.78, 5) is 16.3. The van der Waals surface area contributed by atoms with Crippen molar-refractivity contribution in [2.45, 2.75) is 44.9 Å².